The third kappa shape index (κ3) is 5.32. The standard InChI is InChI=1S/C11H23N3O2/c1-16-9-8-14(10-5-6-10)7-3-2-4-11(12)13-15/h10,15H,2-9H2,1H3,(H2,12,13). The van der Waals surface area contributed by atoms with Gasteiger partial charge < -0.3 is 15.7 Å². The lowest BCUT2D eigenvalue weighted by Crippen LogP contribution is -2.30. The van der Waals surface area contributed by atoms with Crippen molar-refractivity contribution in [2.24, 2.45) is 10.9 Å². The zero-order chi connectivity index (χ0) is 11.8. The average molecular weight is 229 g/mol. The number of nitrogens with two attached hydrogens (primary N) is 1. The molecule has 0 aromatic rings. The Hall–Kier alpha value is -0.810. The van der Waals surface area contributed by atoms with E-state index < -0.39 is 0 Å². The molecular formula is C11H23N3O2. The summed E-state index contributed by atoms with van der Waals surface area (Å²) in [4.78, 5) is 2.48. The van der Waals surface area contributed by atoms with E-state index in [-0.39, 0.29) is 0 Å². The third-order valence-electron chi connectivity index (χ3n) is 2.90. The highest BCUT2D eigenvalue weighted by molar-refractivity contribution is 5.79. The van der Waals surface area contributed by atoms with Crippen molar-refractivity contribution in [1.82, 2.24) is 4.90 Å². The van der Waals surface area contributed by atoms with Crippen LogP contribution in [0, 0.1) is 0 Å². The first-order valence-electron chi connectivity index (χ1n) is 5.97. The number of unbranched alkanes of at least 4 members (excludes halogenated alkanes) is 1. The van der Waals surface area contributed by atoms with E-state index in [1.54, 1.807) is 7.11 Å². The van der Waals surface area contributed by atoms with Gasteiger partial charge >= 0.3 is 0 Å². The summed E-state index contributed by atoms with van der Waals surface area (Å²) in [7, 11) is 1.74. The van der Waals surface area contributed by atoms with Crippen molar-refractivity contribution < 1.29 is 9.94 Å². The van der Waals surface area contributed by atoms with Crippen molar-refractivity contribution in [2.75, 3.05) is 26.8 Å². The van der Waals surface area contributed by atoms with Crippen molar-refractivity contribution in [1.29, 1.82) is 0 Å². The summed E-state index contributed by atoms with van der Waals surface area (Å²) >= 11 is 0. The number of rotatable bonds is 9. The molecule has 0 heterocycles. The highest BCUT2D eigenvalue weighted by Gasteiger charge is 2.27. The Morgan fingerprint density at radius 1 is 1.44 bits per heavy atom. The van der Waals surface area contributed by atoms with Crippen LogP contribution in [0.25, 0.3) is 0 Å². The van der Waals surface area contributed by atoms with Crippen molar-refractivity contribution in [3.63, 3.8) is 0 Å². The zero-order valence-electron chi connectivity index (χ0n) is 10.1. The molecule has 0 atom stereocenters. The van der Waals surface area contributed by atoms with Gasteiger partial charge in [0.1, 0.15) is 5.84 Å². The van der Waals surface area contributed by atoms with Gasteiger partial charge in [0.15, 0.2) is 0 Å². The molecule has 0 spiro atoms. The molecule has 0 unspecified atom stereocenters. The quantitative estimate of drug-likeness (QED) is 0.203. The van der Waals surface area contributed by atoms with Crippen LogP contribution in [0.5, 0.6) is 0 Å². The van der Waals surface area contributed by atoms with Crippen LogP contribution in [0.1, 0.15) is 32.1 Å². The fraction of sp³-hybridized carbons (Fsp3) is 0.909. The van der Waals surface area contributed by atoms with Crippen LogP contribution >= 0.6 is 0 Å². The largest absolute Gasteiger partial charge is 0.409 e. The second-order valence-electron chi connectivity index (χ2n) is 4.31. The molecule has 0 saturated heterocycles. The molecule has 0 amide bonds. The Labute approximate surface area is 97.2 Å². The molecule has 1 aliphatic carbocycles. The third-order valence-corrected chi connectivity index (χ3v) is 2.90. The molecule has 94 valence electrons. The second kappa shape index (κ2) is 7.46. The van der Waals surface area contributed by atoms with Crippen LogP contribution < -0.4 is 5.73 Å². The molecule has 1 saturated carbocycles. The number of amidine groups is 1. The Bertz CT molecular complexity index is 217. The molecule has 1 aliphatic rings. The van der Waals surface area contributed by atoms with Crippen molar-refractivity contribution >= 4 is 5.84 Å². The zero-order valence-corrected chi connectivity index (χ0v) is 10.1. The normalized spacial score (nSPS) is 17.0. The van der Waals surface area contributed by atoms with Crippen LogP contribution in [0.2, 0.25) is 0 Å². The van der Waals surface area contributed by atoms with Crippen LogP contribution in [0.15, 0.2) is 5.16 Å². The minimum absolute atomic E-state index is 0.329. The van der Waals surface area contributed by atoms with E-state index >= 15 is 0 Å². The van der Waals surface area contributed by atoms with Crippen molar-refractivity contribution in [3.8, 4) is 0 Å². The first-order chi connectivity index (χ1) is 7.77. The summed E-state index contributed by atoms with van der Waals surface area (Å²) in [5, 5.41) is 11.4. The number of ether oxygens (including phenoxy) is 1. The molecular weight excluding hydrogens is 206 g/mol. The molecule has 0 aromatic heterocycles. The number of methoxy groups -OCH3 is 1. The Balaban J connectivity index is 2.07. The van der Waals surface area contributed by atoms with Crippen molar-refractivity contribution in [3.05, 3.63) is 0 Å². The van der Waals surface area contributed by atoms with Gasteiger partial charge in [-0.15, -0.1) is 0 Å². The molecule has 0 aromatic carbocycles. The molecule has 5 nitrogen and oxygen atoms in total. The van der Waals surface area contributed by atoms with Gasteiger partial charge in [0, 0.05) is 26.1 Å². The predicted octanol–water partition coefficient (Wildman–Crippen LogP) is 1.01. The Morgan fingerprint density at radius 2 is 2.19 bits per heavy atom. The Morgan fingerprint density at radius 3 is 2.75 bits per heavy atom. The second-order valence-corrected chi connectivity index (χ2v) is 4.31. The topological polar surface area (TPSA) is 71.1 Å². The maximum Gasteiger partial charge on any atom is 0.139 e. The van der Waals surface area contributed by atoms with Gasteiger partial charge in [-0.05, 0) is 32.2 Å². The average Bonchev–Trinajstić information content (AvgIpc) is 3.11. The summed E-state index contributed by atoms with van der Waals surface area (Å²) in [6, 6.07) is 0.777. The molecule has 16 heavy (non-hydrogen) atoms. The number of hydrogen-bond donors (Lipinski definition) is 2. The molecule has 3 N–H and O–H groups in total. The van der Waals surface area contributed by atoms with Crippen LogP contribution in [0.4, 0.5) is 0 Å². The summed E-state index contributed by atoms with van der Waals surface area (Å²) in [5.74, 6) is 0.329. The smallest absolute Gasteiger partial charge is 0.139 e. The van der Waals surface area contributed by atoms with E-state index in [0.29, 0.717) is 12.3 Å². The van der Waals surface area contributed by atoms with E-state index in [9.17, 15) is 0 Å². The highest BCUT2D eigenvalue weighted by atomic mass is 16.5. The fourth-order valence-electron chi connectivity index (χ4n) is 1.80. The van der Waals surface area contributed by atoms with Gasteiger partial charge in [-0.25, -0.2) is 0 Å². The monoisotopic (exact) mass is 229 g/mol. The molecule has 1 fully saturated rings. The van der Waals surface area contributed by atoms with Crippen LogP contribution in [0.3, 0.4) is 0 Å². The van der Waals surface area contributed by atoms with Gasteiger partial charge in [0.25, 0.3) is 0 Å². The van der Waals surface area contributed by atoms with Gasteiger partial charge in [0.2, 0.25) is 0 Å². The maximum absolute atomic E-state index is 8.39. The predicted molar refractivity (Wildman–Crippen MR) is 63.7 cm³/mol. The minimum atomic E-state index is 0.329. The first kappa shape index (κ1) is 13.3. The number of nitrogens with zero attached hydrogens (tertiary/aromatic N) is 2. The SMILES string of the molecule is COCCN(CCCC/C(N)=N/O)C1CC1. The molecule has 0 aliphatic heterocycles. The van der Waals surface area contributed by atoms with E-state index in [0.717, 1.165) is 38.6 Å². The van der Waals surface area contributed by atoms with Gasteiger partial charge in [-0.3, -0.25) is 4.90 Å². The molecule has 1 rings (SSSR count). The minimum Gasteiger partial charge on any atom is -0.409 e. The molecule has 0 radical (unpaired) electrons. The van der Waals surface area contributed by atoms with E-state index in [2.05, 4.69) is 10.1 Å². The van der Waals surface area contributed by atoms with Gasteiger partial charge in [0.05, 0.1) is 6.61 Å². The summed E-state index contributed by atoms with van der Waals surface area (Å²) in [6.07, 6.45) is 5.40. The molecule has 5 heteroatoms. The summed E-state index contributed by atoms with van der Waals surface area (Å²) < 4.78 is 5.10. The van der Waals surface area contributed by atoms with E-state index in [1.165, 1.54) is 12.8 Å². The number of oxime groups is 1. The van der Waals surface area contributed by atoms with Crippen LogP contribution in [-0.4, -0.2) is 48.8 Å². The lowest BCUT2D eigenvalue weighted by Gasteiger charge is -2.21. The first-order valence-corrected chi connectivity index (χ1v) is 5.97. The maximum atomic E-state index is 8.39. The van der Waals surface area contributed by atoms with E-state index in [1.807, 2.05) is 0 Å². The van der Waals surface area contributed by atoms with Crippen molar-refractivity contribution in [2.45, 2.75) is 38.1 Å². The molecule has 0 bridgehead atoms. The lowest BCUT2D eigenvalue weighted by molar-refractivity contribution is 0.142. The number of hydrogen-bond acceptors (Lipinski definition) is 4. The summed E-state index contributed by atoms with van der Waals surface area (Å²) in [6.45, 7) is 2.91. The van der Waals surface area contributed by atoms with E-state index in [4.69, 9.17) is 15.7 Å². The van der Waals surface area contributed by atoms with Gasteiger partial charge in [-0.1, -0.05) is 5.16 Å². The van der Waals surface area contributed by atoms with Crippen LogP contribution in [-0.2, 0) is 4.74 Å². The fourth-order valence-corrected chi connectivity index (χ4v) is 1.80. The lowest BCUT2D eigenvalue weighted by atomic mass is 10.2. The highest BCUT2D eigenvalue weighted by Crippen LogP contribution is 2.26. The summed E-state index contributed by atoms with van der Waals surface area (Å²) in [5.41, 5.74) is 5.41. The van der Waals surface area contributed by atoms with Gasteiger partial charge in [-0.2, -0.15) is 0 Å². The Kier molecular flexibility index (Phi) is 6.18.